The maximum Gasteiger partial charge on any atom is 0.0568 e. The van der Waals surface area contributed by atoms with Gasteiger partial charge in [-0.05, 0) is 74.1 Å². The number of benzene rings is 1. The number of fused-ring (bicyclic) bond motifs is 2. The first-order valence-electron chi connectivity index (χ1n) is 10.3. The summed E-state index contributed by atoms with van der Waals surface area (Å²) in [5, 5.41) is 8.26. The quantitative estimate of drug-likeness (QED) is 0.891. The second-order valence-corrected chi connectivity index (χ2v) is 8.88. The number of nitrogens with one attached hydrogen (secondary N) is 1. The highest BCUT2D eigenvalue weighted by Gasteiger charge is 2.57. The van der Waals surface area contributed by atoms with E-state index in [4.69, 9.17) is 5.73 Å². The summed E-state index contributed by atoms with van der Waals surface area (Å²) in [6.07, 6.45) is 13.0. The molecule has 4 nitrogen and oxygen atoms in total. The van der Waals surface area contributed by atoms with Crippen LogP contribution < -0.4 is 11.1 Å². The molecule has 138 valence electrons. The Bertz CT molecular complexity index is 802. The first kappa shape index (κ1) is 16.5. The minimum atomic E-state index is 0.401. The van der Waals surface area contributed by atoms with Crippen LogP contribution in [0.5, 0.6) is 0 Å². The van der Waals surface area contributed by atoms with Gasteiger partial charge in [0.05, 0.1) is 6.20 Å². The number of hydrogen-bond donors (Lipinski definition) is 2. The molecule has 1 heterocycles. The third kappa shape index (κ3) is 2.80. The summed E-state index contributed by atoms with van der Waals surface area (Å²) in [4.78, 5) is 0. The SMILES string of the molecule is Cn1cc(-c2ccc3c(c2)C2(CC3)CC2NCC2CCC(N)CC2)cn1. The summed E-state index contributed by atoms with van der Waals surface area (Å²) >= 11 is 0. The van der Waals surface area contributed by atoms with Gasteiger partial charge < -0.3 is 11.1 Å². The zero-order valence-corrected chi connectivity index (χ0v) is 15.7. The molecular weight excluding hydrogens is 320 g/mol. The molecule has 4 heteroatoms. The predicted molar refractivity (Wildman–Crippen MR) is 105 cm³/mol. The molecule has 1 spiro atoms. The van der Waals surface area contributed by atoms with E-state index < -0.39 is 0 Å². The van der Waals surface area contributed by atoms with Crippen molar-refractivity contribution in [2.24, 2.45) is 18.7 Å². The van der Waals surface area contributed by atoms with E-state index in [9.17, 15) is 0 Å². The Hall–Kier alpha value is -1.65. The highest BCUT2D eigenvalue weighted by molar-refractivity contribution is 5.66. The van der Waals surface area contributed by atoms with E-state index in [1.165, 1.54) is 62.6 Å². The average Bonchev–Trinajstić information content (AvgIpc) is 2.97. The minimum absolute atomic E-state index is 0.401. The van der Waals surface area contributed by atoms with Gasteiger partial charge >= 0.3 is 0 Å². The van der Waals surface area contributed by atoms with Gasteiger partial charge in [-0.25, -0.2) is 0 Å². The van der Waals surface area contributed by atoms with Crippen molar-refractivity contribution in [3.05, 3.63) is 41.7 Å². The summed E-state index contributed by atoms with van der Waals surface area (Å²) in [6, 6.07) is 8.19. The Morgan fingerprint density at radius 3 is 2.85 bits per heavy atom. The van der Waals surface area contributed by atoms with Crippen molar-refractivity contribution in [3.8, 4) is 11.1 Å². The van der Waals surface area contributed by atoms with Gasteiger partial charge in [0.1, 0.15) is 0 Å². The molecule has 2 aromatic rings. The van der Waals surface area contributed by atoms with Crippen LogP contribution in [0.4, 0.5) is 0 Å². The molecule has 2 fully saturated rings. The van der Waals surface area contributed by atoms with Crippen LogP contribution in [0.2, 0.25) is 0 Å². The Morgan fingerprint density at radius 1 is 1.23 bits per heavy atom. The van der Waals surface area contributed by atoms with Gasteiger partial charge in [0.2, 0.25) is 0 Å². The van der Waals surface area contributed by atoms with Crippen molar-refractivity contribution >= 4 is 0 Å². The molecule has 1 aromatic carbocycles. The Morgan fingerprint density at radius 2 is 2.08 bits per heavy atom. The number of aromatic nitrogens is 2. The lowest BCUT2D eigenvalue weighted by Gasteiger charge is -2.26. The molecule has 26 heavy (non-hydrogen) atoms. The lowest BCUT2D eigenvalue weighted by Crippen LogP contribution is -2.34. The molecule has 3 N–H and O–H groups in total. The molecule has 0 aliphatic heterocycles. The fourth-order valence-electron chi connectivity index (χ4n) is 5.35. The van der Waals surface area contributed by atoms with Crippen LogP contribution in [0.25, 0.3) is 11.1 Å². The Kier molecular flexibility index (Phi) is 3.94. The summed E-state index contributed by atoms with van der Waals surface area (Å²) in [5.41, 5.74) is 12.1. The van der Waals surface area contributed by atoms with Crippen LogP contribution >= 0.6 is 0 Å². The van der Waals surface area contributed by atoms with Gasteiger partial charge in [-0.2, -0.15) is 5.10 Å². The third-order valence-electron chi connectivity index (χ3n) is 7.14. The molecule has 0 saturated heterocycles. The Labute approximate surface area is 156 Å². The van der Waals surface area contributed by atoms with Crippen LogP contribution in [-0.2, 0) is 18.9 Å². The summed E-state index contributed by atoms with van der Waals surface area (Å²) < 4.78 is 1.88. The van der Waals surface area contributed by atoms with E-state index in [2.05, 4.69) is 34.8 Å². The Balaban J connectivity index is 1.29. The zero-order valence-electron chi connectivity index (χ0n) is 15.7. The van der Waals surface area contributed by atoms with Crippen LogP contribution in [-0.4, -0.2) is 28.4 Å². The van der Waals surface area contributed by atoms with E-state index in [1.54, 1.807) is 11.1 Å². The first-order valence-corrected chi connectivity index (χ1v) is 10.3. The highest BCUT2D eigenvalue weighted by Crippen LogP contribution is 2.57. The van der Waals surface area contributed by atoms with E-state index in [-0.39, 0.29) is 0 Å². The van der Waals surface area contributed by atoms with Crippen LogP contribution in [0.15, 0.2) is 30.6 Å². The largest absolute Gasteiger partial charge is 0.328 e. The van der Waals surface area contributed by atoms with Crippen LogP contribution in [0.3, 0.4) is 0 Å². The molecule has 1 aromatic heterocycles. The number of aryl methyl sites for hydroxylation is 2. The second kappa shape index (κ2) is 6.21. The van der Waals surface area contributed by atoms with Crippen molar-refractivity contribution in [1.29, 1.82) is 0 Å². The normalized spacial score (nSPS) is 32.8. The van der Waals surface area contributed by atoms with E-state index in [0.29, 0.717) is 17.5 Å². The number of nitrogens with zero attached hydrogens (tertiary/aromatic N) is 2. The smallest absolute Gasteiger partial charge is 0.0568 e. The molecule has 5 rings (SSSR count). The molecule has 0 bridgehead atoms. The minimum Gasteiger partial charge on any atom is -0.328 e. The molecule has 2 saturated carbocycles. The maximum absolute atomic E-state index is 6.05. The van der Waals surface area contributed by atoms with E-state index >= 15 is 0 Å². The zero-order chi connectivity index (χ0) is 17.7. The first-order chi connectivity index (χ1) is 12.6. The summed E-state index contributed by atoms with van der Waals surface area (Å²) in [5.74, 6) is 0.829. The summed E-state index contributed by atoms with van der Waals surface area (Å²) in [7, 11) is 1.98. The monoisotopic (exact) mass is 350 g/mol. The fraction of sp³-hybridized carbons (Fsp3) is 0.591. The van der Waals surface area contributed by atoms with Gasteiger partial charge in [0, 0.05) is 36.3 Å². The highest BCUT2D eigenvalue weighted by atomic mass is 15.2. The fourth-order valence-corrected chi connectivity index (χ4v) is 5.35. The van der Waals surface area contributed by atoms with Crippen LogP contribution in [0, 0.1) is 5.92 Å². The van der Waals surface area contributed by atoms with E-state index in [0.717, 1.165) is 5.92 Å². The number of rotatable bonds is 4. The predicted octanol–water partition coefficient (Wildman–Crippen LogP) is 3.15. The average molecular weight is 351 g/mol. The molecule has 0 radical (unpaired) electrons. The topological polar surface area (TPSA) is 55.9 Å². The lowest BCUT2D eigenvalue weighted by molar-refractivity contribution is 0.311. The van der Waals surface area contributed by atoms with Crippen molar-refractivity contribution in [2.75, 3.05) is 6.54 Å². The van der Waals surface area contributed by atoms with Gasteiger partial charge in [0.15, 0.2) is 0 Å². The third-order valence-corrected chi connectivity index (χ3v) is 7.14. The number of nitrogens with two attached hydrogens (primary N) is 1. The van der Waals surface area contributed by atoms with Gasteiger partial charge in [-0.1, -0.05) is 18.2 Å². The second-order valence-electron chi connectivity index (χ2n) is 8.88. The van der Waals surface area contributed by atoms with Crippen LogP contribution in [0.1, 0.15) is 49.7 Å². The molecule has 0 amide bonds. The maximum atomic E-state index is 6.05. The molecular formula is C22H30N4. The van der Waals surface area contributed by atoms with E-state index in [1.807, 2.05) is 17.9 Å². The molecule has 3 aliphatic rings. The standard InChI is InChI=1S/C22H30N4/c1-26-14-18(13-25-26)17-5-4-16-8-9-22(20(16)10-17)11-21(22)24-12-15-2-6-19(23)7-3-15/h4-5,10,13-15,19,21,24H,2-3,6-9,11-12,23H2,1H3. The summed E-state index contributed by atoms with van der Waals surface area (Å²) in [6.45, 7) is 1.18. The number of hydrogen-bond acceptors (Lipinski definition) is 3. The molecule has 2 unspecified atom stereocenters. The van der Waals surface area contributed by atoms with Crippen molar-refractivity contribution in [2.45, 2.75) is 62.4 Å². The van der Waals surface area contributed by atoms with Gasteiger partial charge in [0.25, 0.3) is 0 Å². The lowest BCUT2D eigenvalue weighted by atomic mass is 9.86. The van der Waals surface area contributed by atoms with Gasteiger partial charge in [-0.15, -0.1) is 0 Å². The van der Waals surface area contributed by atoms with Crippen molar-refractivity contribution in [3.63, 3.8) is 0 Å². The van der Waals surface area contributed by atoms with Crippen molar-refractivity contribution in [1.82, 2.24) is 15.1 Å². The molecule has 3 aliphatic carbocycles. The molecule has 2 atom stereocenters. The van der Waals surface area contributed by atoms with Crippen molar-refractivity contribution < 1.29 is 0 Å². The van der Waals surface area contributed by atoms with Gasteiger partial charge in [-0.3, -0.25) is 4.68 Å².